The normalized spacial score (nSPS) is 10.8. The van der Waals surface area contributed by atoms with Crippen LogP contribution in [-0.2, 0) is 11.2 Å². The lowest BCUT2D eigenvalue weighted by Gasteiger charge is -2.02. The van der Waals surface area contributed by atoms with Gasteiger partial charge >= 0.3 is 0 Å². The van der Waals surface area contributed by atoms with Crippen LogP contribution in [0.3, 0.4) is 0 Å². The number of aliphatic carboxylic acids is 1. The number of carboxylic acid groups (broad SMARTS) is 1. The first-order valence-corrected chi connectivity index (χ1v) is 4.75. The van der Waals surface area contributed by atoms with Gasteiger partial charge in [-0.1, -0.05) is 6.07 Å². The topological polar surface area (TPSA) is 53.3 Å². The van der Waals surface area contributed by atoms with Gasteiger partial charge in [-0.3, -0.25) is 0 Å². The molecule has 0 amide bonds. The lowest BCUT2D eigenvalue weighted by Crippen LogP contribution is -2.24. The molecule has 0 N–H and O–H groups in total. The molecular weight excluding hydrogens is 192 g/mol. The highest BCUT2D eigenvalue weighted by atomic mass is 16.4. The Labute approximate surface area is 87.3 Å². The summed E-state index contributed by atoms with van der Waals surface area (Å²) < 4.78 is 5.32. The zero-order valence-electron chi connectivity index (χ0n) is 8.66. The second-order valence-electron chi connectivity index (χ2n) is 3.76. The molecule has 0 radical (unpaired) electrons. The zero-order chi connectivity index (χ0) is 11.0. The minimum atomic E-state index is -1.09. The minimum Gasteiger partial charge on any atom is -0.550 e. The van der Waals surface area contributed by atoms with E-state index in [9.17, 15) is 9.90 Å². The van der Waals surface area contributed by atoms with Crippen LogP contribution in [0.25, 0.3) is 11.0 Å². The van der Waals surface area contributed by atoms with Crippen LogP contribution in [0.2, 0.25) is 0 Å². The third-order valence-electron chi connectivity index (χ3n) is 2.43. The van der Waals surface area contributed by atoms with Gasteiger partial charge in [0, 0.05) is 23.3 Å². The molecule has 3 heteroatoms. The summed E-state index contributed by atoms with van der Waals surface area (Å²) in [5.74, 6) is -1.09. The number of benzene rings is 1. The summed E-state index contributed by atoms with van der Waals surface area (Å²) in [6, 6.07) is 3.91. The molecule has 0 saturated carbocycles. The Balaban J connectivity index is 2.63. The minimum absolute atomic E-state index is 0.100. The van der Waals surface area contributed by atoms with E-state index in [1.165, 1.54) is 6.26 Å². The van der Waals surface area contributed by atoms with Gasteiger partial charge in [0.05, 0.1) is 6.26 Å². The van der Waals surface area contributed by atoms with E-state index in [2.05, 4.69) is 0 Å². The average Bonchev–Trinajstić information content (AvgIpc) is 2.46. The van der Waals surface area contributed by atoms with Gasteiger partial charge in [-0.05, 0) is 31.0 Å². The maximum absolute atomic E-state index is 10.5. The van der Waals surface area contributed by atoms with Crippen molar-refractivity contribution in [2.24, 2.45) is 0 Å². The number of carbonyl (C=O) groups excluding carboxylic acids is 1. The Kier molecular flexibility index (Phi) is 2.23. The number of carboxylic acids is 1. The predicted octanol–water partition coefficient (Wildman–Crippen LogP) is 1.34. The molecule has 0 aliphatic heterocycles. The maximum atomic E-state index is 10.5. The number of hydrogen-bond donors (Lipinski definition) is 0. The van der Waals surface area contributed by atoms with Gasteiger partial charge in [0.15, 0.2) is 0 Å². The molecule has 0 atom stereocenters. The predicted molar refractivity (Wildman–Crippen MR) is 54.4 cm³/mol. The van der Waals surface area contributed by atoms with Crippen LogP contribution in [0.15, 0.2) is 22.8 Å². The molecule has 2 rings (SSSR count). The number of furan rings is 1. The third-order valence-corrected chi connectivity index (χ3v) is 2.43. The van der Waals surface area contributed by atoms with Crippen molar-refractivity contribution < 1.29 is 14.3 Å². The molecule has 0 fully saturated rings. The first-order valence-electron chi connectivity index (χ1n) is 4.75. The Morgan fingerprint density at radius 2 is 2.13 bits per heavy atom. The lowest BCUT2D eigenvalue weighted by molar-refractivity contribution is -0.304. The van der Waals surface area contributed by atoms with E-state index < -0.39 is 5.97 Å². The summed E-state index contributed by atoms with van der Waals surface area (Å²) in [6.07, 6.45) is 1.39. The fraction of sp³-hybridized carbons (Fsp3) is 0.250. The fourth-order valence-electron chi connectivity index (χ4n) is 1.91. The smallest absolute Gasteiger partial charge is 0.134 e. The maximum Gasteiger partial charge on any atom is 0.134 e. The SMILES string of the molecule is Cc1cc(C)c2c(CC(=O)[O-])coc2c1. The Bertz CT molecular complexity index is 523. The Morgan fingerprint density at radius 3 is 2.80 bits per heavy atom. The standard InChI is InChI=1S/C12H12O3/c1-7-3-8(2)12-9(5-11(13)14)6-15-10(12)4-7/h3-4,6H,5H2,1-2H3,(H,13,14)/p-1. The van der Waals surface area contributed by atoms with Crippen molar-refractivity contribution in [2.45, 2.75) is 20.3 Å². The quantitative estimate of drug-likeness (QED) is 0.740. The number of rotatable bonds is 2. The second kappa shape index (κ2) is 3.42. The molecule has 0 saturated heterocycles. The largest absolute Gasteiger partial charge is 0.550 e. The van der Waals surface area contributed by atoms with Crippen molar-refractivity contribution in [3.05, 3.63) is 35.1 Å². The van der Waals surface area contributed by atoms with E-state index in [0.717, 1.165) is 22.1 Å². The van der Waals surface area contributed by atoms with Crippen molar-refractivity contribution in [1.29, 1.82) is 0 Å². The van der Waals surface area contributed by atoms with Crippen LogP contribution in [0, 0.1) is 13.8 Å². The Hall–Kier alpha value is -1.77. The molecule has 0 bridgehead atoms. The molecule has 0 unspecified atom stereocenters. The molecule has 1 heterocycles. The van der Waals surface area contributed by atoms with Gasteiger partial charge in [-0.25, -0.2) is 0 Å². The van der Waals surface area contributed by atoms with Crippen LogP contribution in [0.5, 0.6) is 0 Å². The van der Waals surface area contributed by atoms with Crippen molar-refractivity contribution in [1.82, 2.24) is 0 Å². The highest BCUT2D eigenvalue weighted by molar-refractivity contribution is 5.88. The van der Waals surface area contributed by atoms with E-state index in [1.807, 2.05) is 26.0 Å². The number of carbonyl (C=O) groups is 1. The monoisotopic (exact) mass is 203 g/mol. The van der Waals surface area contributed by atoms with Crippen molar-refractivity contribution in [3.63, 3.8) is 0 Å². The van der Waals surface area contributed by atoms with E-state index in [-0.39, 0.29) is 6.42 Å². The number of hydrogen-bond acceptors (Lipinski definition) is 3. The number of fused-ring (bicyclic) bond motifs is 1. The molecular formula is C12H11O3-. The lowest BCUT2D eigenvalue weighted by atomic mass is 10.0. The van der Waals surface area contributed by atoms with Gasteiger partial charge in [0.2, 0.25) is 0 Å². The second-order valence-corrected chi connectivity index (χ2v) is 3.76. The third kappa shape index (κ3) is 1.73. The molecule has 2 aromatic rings. The van der Waals surface area contributed by atoms with E-state index in [4.69, 9.17) is 4.42 Å². The van der Waals surface area contributed by atoms with Gasteiger partial charge in [-0.15, -0.1) is 0 Å². The highest BCUT2D eigenvalue weighted by Crippen LogP contribution is 2.26. The van der Waals surface area contributed by atoms with Crippen molar-refractivity contribution in [2.75, 3.05) is 0 Å². The summed E-state index contributed by atoms with van der Waals surface area (Å²) in [5.41, 5.74) is 3.57. The fourth-order valence-corrected chi connectivity index (χ4v) is 1.91. The first-order chi connectivity index (χ1) is 7.08. The number of aryl methyl sites for hydroxylation is 2. The van der Waals surface area contributed by atoms with Crippen LogP contribution >= 0.6 is 0 Å². The highest BCUT2D eigenvalue weighted by Gasteiger charge is 2.09. The van der Waals surface area contributed by atoms with E-state index >= 15 is 0 Å². The van der Waals surface area contributed by atoms with Crippen molar-refractivity contribution >= 4 is 16.9 Å². The molecule has 0 spiro atoms. The van der Waals surface area contributed by atoms with Crippen LogP contribution in [-0.4, -0.2) is 5.97 Å². The van der Waals surface area contributed by atoms with Crippen LogP contribution in [0.1, 0.15) is 16.7 Å². The van der Waals surface area contributed by atoms with Gasteiger partial charge in [0.25, 0.3) is 0 Å². The van der Waals surface area contributed by atoms with E-state index in [0.29, 0.717) is 5.56 Å². The summed E-state index contributed by atoms with van der Waals surface area (Å²) in [5, 5.41) is 11.4. The first kappa shape index (κ1) is 9.77. The summed E-state index contributed by atoms with van der Waals surface area (Å²) in [7, 11) is 0. The average molecular weight is 203 g/mol. The molecule has 78 valence electrons. The summed E-state index contributed by atoms with van der Waals surface area (Å²) in [6.45, 7) is 3.93. The molecule has 1 aromatic carbocycles. The van der Waals surface area contributed by atoms with Crippen LogP contribution < -0.4 is 5.11 Å². The molecule has 15 heavy (non-hydrogen) atoms. The molecule has 1 aromatic heterocycles. The Morgan fingerprint density at radius 1 is 1.40 bits per heavy atom. The van der Waals surface area contributed by atoms with Gasteiger partial charge < -0.3 is 14.3 Å². The van der Waals surface area contributed by atoms with Crippen LogP contribution in [0.4, 0.5) is 0 Å². The molecule has 3 nitrogen and oxygen atoms in total. The van der Waals surface area contributed by atoms with Gasteiger partial charge in [0.1, 0.15) is 5.58 Å². The summed E-state index contributed by atoms with van der Waals surface area (Å²) in [4.78, 5) is 10.5. The molecule has 0 aliphatic rings. The zero-order valence-corrected chi connectivity index (χ0v) is 8.66. The van der Waals surface area contributed by atoms with E-state index in [1.54, 1.807) is 0 Å². The summed E-state index contributed by atoms with van der Waals surface area (Å²) >= 11 is 0. The molecule has 0 aliphatic carbocycles. The van der Waals surface area contributed by atoms with Gasteiger partial charge in [-0.2, -0.15) is 0 Å². The van der Waals surface area contributed by atoms with Crippen molar-refractivity contribution in [3.8, 4) is 0 Å².